The largest absolute Gasteiger partial charge is 0.360 e. The van der Waals surface area contributed by atoms with Gasteiger partial charge in [-0.1, -0.05) is 48.5 Å². The van der Waals surface area contributed by atoms with E-state index >= 15 is 0 Å². The van der Waals surface area contributed by atoms with Gasteiger partial charge in [-0.25, -0.2) is 0 Å². The third-order valence-electron chi connectivity index (χ3n) is 5.15. The molecule has 1 aromatic heterocycles. The maximum Gasteiger partial charge on any atom is 0.226 e. The number of H-pyrrole nitrogens is 1. The molecule has 3 aromatic rings. The van der Waals surface area contributed by atoms with Crippen LogP contribution in [0.4, 0.5) is 0 Å². The molecule has 24 heavy (non-hydrogen) atoms. The molecule has 0 radical (unpaired) electrons. The molecular formula is C21H23N2O+. The van der Waals surface area contributed by atoms with E-state index in [1.807, 2.05) is 48.7 Å². The van der Waals surface area contributed by atoms with Crippen LogP contribution in [0.5, 0.6) is 0 Å². The number of nitrogens with one attached hydrogen (secondary N) is 2. The van der Waals surface area contributed by atoms with E-state index in [0.29, 0.717) is 0 Å². The van der Waals surface area contributed by atoms with Crippen molar-refractivity contribution in [3.63, 3.8) is 0 Å². The third kappa shape index (κ3) is 2.76. The molecule has 1 aliphatic heterocycles. The summed E-state index contributed by atoms with van der Waals surface area (Å²) in [4.78, 5) is 18.1. The van der Waals surface area contributed by atoms with Crippen LogP contribution < -0.4 is 4.90 Å². The molecule has 3 heteroatoms. The lowest BCUT2D eigenvalue weighted by Crippen LogP contribution is -3.13. The second-order valence-electron chi connectivity index (χ2n) is 6.67. The molecule has 0 spiro atoms. The van der Waals surface area contributed by atoms with Gasteiger partial charge in [-0.3, -0.25) is 4.79 Å². The Labute approximate surface area is 142 Å². The van der Waals surface area contributed by atoms with Crippen LogP contribution in [0.2, 0.25) is 0 Å². The number of fused-ring (bicyclic) bond motifs is 1. The molecule has 3 nitrogen and oxygen atoms in total. The molecule has 0 amide bonds. The number of para-hydroxylation sites is 1. The lowest BCUT2D eigenvalue weighted by atomic mass is 9.94. The van der Waals surface area contributed by atoms with Gasteiger partial charge in [0.1, 0.15) is 0 Å². The minimum Gasteiger partial charge on any atom is -0.360 e. The zero-order valence-electron chi connectivity index (χ0n) is 13.8. The average Bonchev–Trinajstić information content (AvgIpc) is 3.08. The Kier molecular flexibility index (Phi) is 4.18. The highest BCUT2D eigenvalue weighted by atomic mass is 16.1. The summed E-state index contributed by atoms with van der Waals surface area (Å²) in [6.07, 6.45) is 5.58. The normalized spacial score (nSPS) is 17.0. The van der Waals surface area contributed by atoms with Crippen molar-refractivity contribution >= 4 is 16.7 Å². The topological polar surface area (TPSA) is 37.3 Å². The predicted octanol–water partition coefficient (Wildman–Crippen LogP) is 3.16. The zero-order valence-corrected chi connectivity index (χ0v) is 13.8. The number of quaternary nitrogens is 1. The number of piperidine rings is 1. The Balaban J connectivity index is 1.76. The van der Waals surface area contributed by atoms with Crippen LogP contribution in [0, 0.1) is 0 Å². The van der Waals surface area contributed by atoms with Crippen molar-refractivity contribution in [3.8, 4) is 0 Å². The molecule has 0 unspecified atom stereocenters. The van der Waals surface area contributed by atoms with Crippen LogP contribution in [0.25, 0.3) is 10.9 Å². The van der Waals surface area contributed by atoms with Crippen molar-refractivity contribution in [2.45, 2.75) is 25.3 Å². The van der Waals surface area contributed by atoms with Crippen LogP contribution >= 0.6 is 0 Å². The van der Waals surface area contributed by atoms with Gasteiger partial charge in [0.15, 0.2) is 6.04 Å². The molecule has 2 N–H and O–H groups in total. The number of likely N-dealkylation sites (tertiary alicyclic amines) is 1. The minimum atomic E-state index is -0.106. The Morgan fingerprint density at radius 2 is 1.62 bits per heavy atom. The number of benzene rings is 2. The number of hydrogen-bond donors (Lipinski definition) is 2. The maximum atomic E-state index is 13.5. The summed E-state index contributed by atoms with van der Waals surface area (Å²) in [5, 5.41) is 1.03. The second kappa shape index (κ2) is 6.62. The van der Waals surface area contributed by atoms with Crippen LogP contribution in [-0.4, -0.2) is 23.9 Å². The van der Waals surface area contributed by atoms with Gasteiger partial charge >= 0.3 is 0 Å². The molecule has 2 heterocycles. The van der Waals surface area contributed by atoms with Crippen LogP contribution in [0.1, 0.15) is 41.2 Å². The Morgan fingerprint density at radius 3 is 2.42 bits per heavy atom. The first-order valence-electron chi connectivity index (χ1n) is 8.84. The Morgan fingerprint density at radius 1 is 0.917 bits per heavy atom. The predicted molar refractivity (Wildman–Crippen MR) is 96.4 cm³/mol. The summed E-state index contributed by atoms with van der Waals surface area (Å²) in [6.45, 7) is 2.15. The number of Topliss-reactive ketones (excluding diaryl/α,β-unsaturated/α-hetero) is 1. The first kappa shape index (κ1) is 15.2. The molecule has 0 aliphatic carbocycles. The van der Waals surface area contributed by atoms with Crippen molar-refractivity contribution in [1.29, 1.82) is 0 Å². The summed E-state index contributed by atoms with van der Waals surface area (Å²) >= 11 is 0. The SMILES string of the molecule is O=C(c1c[nH]c2ccccc12)[C@H](c1ccccc1)[NH+]1CCCCC1. The summed E-state index contributed by atoms with van der Waals surface area (Å²) in [5.74, 6) is 0.232. The molecule has 0 bridgehead atoms. The van der Waals surface area contributed by atoms with E-state index in [4.69, 9.17) is 0 Å². The first-order chi connectivity index (χ1) is 11.8. The number of hydrogen-bond acceptors (Lipinski definition) is 1. The Hall–Kier alpha value is -2.39. The number of ketones is 1. The fraction of sp³-hybridized carbons (Fsp3) is 0.286. The highest BCUT2D eigenvalue weighted by Crippen LogP contribution is 2.23. The van der Waals surface area contributed by atoms with Gasteiger partial charge in [-0.15, -0.1) is 0 Å². The molecule has 1 atom stereocenters. The molecule has 0 saturated carbocycles. The molecule has 2 aromatic carbocycles. The van der Waals surface area contributed by atoms with Gasteiger partial charge in [0.05, 0.1) is 13.1 Å². The smallest absolute Gasteiger partial charge is 0.226 e. The van der Waals surface area contributed by atoms with Gasteiger partial charge < -0.3 is 9.88 Å². The van der Waals surface area contributed by atoms with E-state index in [1.165, 1.54) is 24.2 Å². The van der Waals surface area contributed by atoms with Crippen LogP contribution in [0.3, 0.4) is 0 Å². The molecule has 1 saturated heterocycles. The van der Waals surface area contributed by atoms with Gasteiger partial charge in [0.2, 0.25) is 5.78 Å². The fourth-order valence-corrected chi connectivity index (χ4v) is 3.94. The fourth-order valence-electron chi connectivity index (χ4n) is 3.94. The van der Waals surface area contributed by atoms with E-state index in [9.17, 15) is 4.79 Å². The van der Waals surface area contributed by atoms with Gasteiger partial charge in [-0.05, 0) is 25.3 Å². The van der Waals surface area contributed by atoms with Crippen molar-refractivity contribution in [1.82, 2.24) is 4.98 Å². The average molecular weight is 319 g/mol. The number of carbonyl (C=O) groups excluding carboxylic acids is 1. The summed E-state index contributed by atoms with van der Waals surface area (Å²) < 4.78 is 0. The van der Waals surface area contributed by atoms with Gasteiger partial charge in [0, 0.05) is 28.2 Å². The van der Waals surface area contributed by atoms with Crippen molar-refractivity contribution in [2.24, 2.45) is 0 Å². The zero-order chi connectivity index (χ0) is 16.4. The van der Waals surface area contributed by atoms with Crippen LogP contribution in [0.15, 0.2) is 60.8 Å². The monoisotopic (exact) mass is 319 g/mol. The lowest BCUT2D eigenvalue weighted by Gasteiger charge is -2.30. The van der Waals surface area contributed by atoms with E-state index in [1.54, 1.807) is 0 Å². The van der Waals surface area contributed by atoms with E-state index in [-0.39, 0.29) is 11.8 Å². The molecule has 1 aliphatic rings. The minimum absolute atomic E-state index is 0.106. The standard InChI is InChI=1S/C21H22N2O/c24-21(18-15-22-19-12-6-5-11-17(18)19)20(16-9-3-1-4-10-16)23-13-7-2-8-14-23/h1,3-6,9-12,15,20,22H,2,7-8,13-14H2/p+1/t20-/m0/s1. The summed E-state index contributed by atoms with van der Waals surface area (Å²) in [5.41, 5.74) is 2.98. The lowest BCUT2D eigenvalue weighted by molar-refractivity contribution is -0.926. The summed E-state index contributed by atoms with van der Waals surface area (Å²) in [7, 11) is 0. The van der Waals surface area contributed by atoms with Crippen molar-refractivity contribution in [3.05, 3.63) is 71.9 Å². The van der Waals surface area contributed by atoms with Crippen LogP contribution in [-0.2, 0) is 0 Å². The van der Waals surface area contributed by atoms with E-state index < -0.39 is 0 Å². The third-order valence-corrected chi connectivity index (χ3v) is 5.15. The number of aromatic amines is 1. The van der Waals surface area contributed by atoms with E-state index in [0.717, 1.165) is 35.1 Å². The summed E-state index contributed by atoms with van der Waals surface area (Å²) in [6, 6.07) is 18.2. The number of carbonyl (C=O) groups is 1. The van der Waals surface area contributed by atoms with Gasteiger partial charge in [-0.2, -0.15) is 0 Å². The van der Waals surface area contributed by atoms with Crippen molar-refractivity contribution in [2.75, 3.05) is 13.1 Å². The maximum absolute atomic E-state index is 13.5. The Bertz CT molecular complexity index is 831. The molecule has 122 valence electrons. The molecule has 4 rings (SSSR count). The quantitative estimate of drug-likeness (QED) is 0.712. The van der Waals surface area contributed by atoms with Crippen molar-refractivity contribution < 1.29 is 9.69 Å². The number of rotatable bonds is 4. The van der Waals surface area contributed by atoms with E-state index in [2.05, 4.69) is 17.1 Å². The highest BCUT2D eigenvalue weighted by molar-refractivity contribution is 6.10. The molecule has 1 fully saturated rings. The second-order valence-corrected chi connectivity index (χ2v) is 6.67. The number of aromatic nitrogens is 1. The molecular weight excluding hydrogens is 296 g/mol. The highest BCUT2D eigenvalue weighted by Gasteiger charge is 2.34. The first-order valence-corrected chi connectivity index (χ1v) is 8.84. The van der Waals surface area contributed by atoms with Gasteiger partial charge in [0.25, 0.3) is 0 Å².